The number of carbonyl (C=O) groups excluding carboxylic acids is 2. The second-order valence-electron chi connectivity index (χ2n) is 23.8. The summed E-state index contributed by atoms with van der Waals surface area (Å²) in [4.78, 5) is 37.9. The maximum atomic E-state index is 12.8. The van der Waals surface area contributed by atoms with Gasteiger partial charge < -0.3 is 27.9 Å². The van der Waals surface area contributed by atoms with Gasteiger partial charge in [0.25, 0.3) is 7.82 Å². The van der Waals surface area contributed by atoms with Crippen molar-refractivity contribution < 1.29 is 42.1 Å². The second-order valence-corrected chi connectivity index (χ2v) is 25.3. The van der Waals surface area contributed by atoms with Gasteiger partial charge in [0.05, 0.1) is 27.7 Å². The molecular formula is C66H128NO8P. The number of rotatable bonds is 62. The Kier molecular flexibility index (Phi) is 57.0. The molecule has 0 aliphatic rings. The minimum atomic E-state index is -4.64. The van der Waals surface area contributed by atoms with E-state index < -0.39 is 26.5 Å². The summed E-state index contributed by atoms with van der Waals surface area (Å²) in [5.74, 6) is -0.820. The predicted octanol–water partition coefficient (Wildman–Crippen LogP) is 20.3. The molecule has 10 heteroatoms. The molecule has 0 aromatic carbocycles. The Bertz CT molecular complexity index is 1330. The minimum Gasteiger partial charge on any atom is -0.756 e. The molecule has 2 atom stereocenters. The Morgan fingerprint density at radius 1 is 0.408 bits per heavy atom. The van der Waals surface area contributed by atoms with Gasteiger partial charge in [-0.1, -0.05) is 301 Å². The van der Waals surface area contributed by atoms with Crippen molar-refractivity contribution in [1.82, 2.24) is 0 Å². The topological polar surface area (TPSA) is 111 Å². The van der Waals surface area contributed by atoms with E-state index in [1.54, 1.807) is 0 Å². The Labute approximate surface area is 472 Å². The van der Waals surface area contributed by atoms with Crippen molar-refractivity contribution in [2.24, 2.45) is 0 Å². The molecule has 0 spiro atoms. The first-order valence-corrected chi connectivity index (χ1v) is 34.5. The van der Waals surface area contributed by atoms with Gasteiger partial charge in [0, 0.05) is 12.8 Å². The lowest BCUT2D eigenvalue weighted by molar-refractivity contribution is -0.870. The number of hydrogen-bond donors (Lipinski definition) is 0. The number of nitrogens with zero attached hydrogens (tertiary/aromatic N) is 1. The molecule has 0 rings (SSSR count). The average molecular weight is 1090 g/mol. The smallest absolute Gasteiger partial charge is 0.306 e. The van der Waals surface area contributed by atoms with E-state index in [0.717, 1.165) is 51.4 Å². The van der Waals surface area contributed by atoms with Crippen molar-refractivity contribution in [3.8, 4) is 0 Å². The van der Waals surface area contributed by atoms with E-state index in [4.69, 9.17) is 18.5 Å². The molecule has 0 aromatic heterocycles. The van der Waals surface area contributed by atoms with Gasteiger partial charge in [0.15, 0.2) is 6.10 Å². The lowest BCUT2D eigenvalue weighted by Crippen LogP contribution is -2.37. The minimum absolute atomic E-state index is 0.0291. The highest BCUT2D eigenvalue weighted by Crippen LogP contribution is 2.38. The standard InChI is InChI=1S/C66H128NO8P/c1-6-8-10-12-14-16-18-20-22-24-26-27-28-29-30-31-32-33-34-35-36-37-38-39-41-42-44-46-48-50-52-54-56-58-65(68)72-62-64(63-74-76(70,71)73-61-60-67(3,4)5)75-66(69)59-57-55-53-51-49-47-45-43-40-25-23-21-19-17-15-13-11-9-7-2/h15,17,21,23,64H,6-14,16,18-20,22,24-63H2,1-5H3/b17-15-,23-21-. The Morgan fingerprint density at radius 3 is 1.07 bits per heavy atom. The van der Waals surface area contributed by atoms with E-state index in [1.165, 1.54) is 250 Å². The highest BCUT2D eigenvalue weighted by Gasteiger charge is 2.22. The number of esters is 2. The number of unbranched alkanes of at least 4 members (excludes halogenated alkanes) is 44. The fourth-order valence-corrected chi connectivity index (χ4v) is 10.6. The first kappa shape index (κ1) is 74.5. The van der Waals surface area contributed by atoms with Crippen LogP contribution in [0, 0.1) is 0 Å². The summed E-state index contributed by atoms with van der Waals surface area (Å²) in [7, 11) is 1.18. The summed E-state index contributed by atoms with van der Waals surface area (Å²) >= 11 is 0. The van der Waals surface area contributed by atoms with Crippen molar-refractivity contribution in [2.75, 3.05) is 47.5 Å². The van der Waals surface area contributed by atoms with Crippen LogP contribution in [0.4, 0.5) is 0 Å². The first-order valence-electron chi connectivity index (χ1n) is 33.0. The van der Waals surface area contributed by atoms with E-state index >= 15 is 0 Å². The van der Waals surface area contributed by atoms with Crippen LogP contribution < -0.4 is 4.89 Å². The lowest BCUT2D eigenvalue weighted by Gasteiger charge is -2.28. The zero-order valence-corrected chi connectivity index (χ0v) is 52.1. The summed E-state index contributed by atoms with van der Waals surface area (Å²) in [6.45, 7) is 4.27. The molecule has 0 N–H and O–H groups in total. The molecule has 2 unspecified atom stereocenters. The fourth-order valence-electron chi connectivity index (χ4n) is 9.87. The third-order valence-electron chi connectivity index (χ3n) is 15.0. The monoisotopic (exact) mass is 1090 g/mol. The molecule has 0 aromatic rings. The number of carbonyl (C=O) groups is 2. The van der Waals surface area contributed by atoms with Gasteiger partial charge >= 0.3 is 11.9 Å². The molecule has 0 amide bonds. The molecule has 0 radical (unpaired) electrons. The quantitative estimate of drug-likeness (QED) is 0.0195. The van der Waals surface area contributed by atoms with Crippen LogP contribution in [-0.4, -0.2) is 70.0 Å². The van der Waals surface area contributed by atoms with Crippen molar-refractivity contribution in [3.05, 3.63) is 24.3 Å². The van der Waals surface area contributed by atoms with Crippen LogP contribution in [-0.2, 0) is 32.7 Å². The number of ether oxygens (including phenoxy) is 2. The molecule has 450 valence electrons. The van der Waals surface area contributed by atoms with Crippen molar-refractivity contribution in [3.63, 3.8) is 0 Å². The van der Waals surface area contributed by atoms with E-state index in [9.17, 15) is 19.0 Å². The lowest BCUT2D eigenvalue weighted by atomic mass is 10.0. The first-order chi connectivity index (χ1) is 37.0. The van der Waals surface area contributed by atoms with Gasteiger partial charge in [-0.3, -0.25) is 14.2 Å². The van der Waals surface area contributed by atoms with E-state index in [2.05, 4.69) is 38.2 Å². The largest absolute Gasteiger partial charge is 0.756 e. The van der Waals surface area contributed by atoms with Crippen molar-refractivity contribution in [1.29, 1.82) is 0 Å². The Morgan fingerprint density at radius 2 is 0.711 bits per heavy atom. The van der Waals surface area contributed by atoms with Gasteiger partial charge in [-0.05, 0) is 44.9 Å². The number of allylic oxidation sites excluding steroid dienone is 4. The van der Waals surface area contributed by atoms with E-state index in [0.29, 0.717) is 17.4 Å². The molecular weight excluding hydrogens is 966 g/mol. The zero-order valence-electron chi connectivity index (χ0n) is 51.2. The number of likely N-dealkylation sites (N-methyl/N-ethyl adjacent to an activating group) is 1. The van der Waals surface area contributed by atoms with Crippen LogP contribution in [0.2, 0.25) is 0 Å². The Balaban J connectivity index is 3.96. The normalized spacial score (nSPS) is 13.3. The molecule has 0 bridgehead atoms. The van der Waals surface area contributed by atoms with Gasteiger partial charge in [-0.2, -0.15) is 0 Å². The fraction of sp³-hybridized carbons (Fsp3) is 0.909. The molecule has 0 heterocycles. The van der Waals surface area contributed by atoms with Crippen LogP contribution >= 0.6 is 7.82 Å². The summed E-state index contributed by atoms with van der Waals surface area (Å²) in [6.07, 6.45) is 71.2. The SMILES string of the molecule is CCCCC/C=C\C/C=C\CCCCCCCCCCCC(=O)OC(COC(=O)CCCCCCCCCCCCCCCCCCCCCCCCCCCCCCCCCCC)COP(=O)([O-])OCC[N+](C)(C)C. The number of quaternary nitrogens is 1. The van der Waals surface area contributed by atoms with Crippen molar-refractivity contribution in [2.45, 2.75) is 341 Å². The highest BCUT2D eigenvalue weighted by molar-refractivity contribution is 7.45. The summed E-state index contributed by atoms with van der Waals surface area (Å²) in [5, 5.41) is 0. The van der Waals surface area contributed by atoms with E-state index in [1.807, 2.05) is 21.1 Å². The second kappa shape index (κ2) is 58.2. The van der Waals surface area contributed by atoms with Gasteiger partial charge in [-0.25, -0.2) is 0 Å². The van der Waals surface area contributed by atoms with Crippen LogP contribution in [0.3, 0.4) is 0 Å². The van der Waals surface area contributed by atoms with Crippen LogP contribution in [0.1, 0.15) is 335 Å². The summed E-state index contributed by atoms with van der Waals surface area (Å²) in [6, 6.07) is 0. The van der Waals surface area contributed by atoms with Crippen LogP contribution in [0.15, 0.2) is 24.3 Å². The third kappa shape index (κ3) is 61.7. The van der Waals surface area contributed by atoms with Crippen molar-refractivity contribution >= 4 is 19.8 Å². The zero-order chi connectivity index (χ0) is 55.6. The summed E-state index contributed by atoms with van der Waals surface area (Å²) in [5.41, 5.74) is 0. The number of phosphoric ester groups is 1. The molecule has 0 aliphatic carbocycles. The maximum Gasteiger partial charge on any atom is 0.306 e. The maximum absolute atomic E-state index is 12.8. The Hall–Kier alpha value is -1.51. The van der Waals surface area contributed by atoms with Gasteiger partial charge in [-0.15, -0.1) is 0 Å². The van der Waals surface area contributed by atoms with Crippen LogP contribution in [0.5, 0.6) is 0 Å². The molecule has 9 nitrogen and oxygen atoms in total. The average Bonchev–Trinajstić information content (AvgIpc) is 3.38. The third-order valence-corrected chi connectivity index (χ3v) is 15.9. The van der Waals surface area contributed by atoms with Gasteiger partial charge in [0.1, 0.15) is 19.8 Å². The van der Waals surface area contributed by atoms with Crippen LogP contribution in [0.25, 0.3) is 0 Å². The molecule has 0 saturated heterocycles. The number of phosphoric acid groups is 1. The molecule has 76 heavy (non-hydrogen) atoms. The number of hydrogen-bond acceptors (Lipinski definition) is 8. The molecule has 0 fully saturated rings. The highest BCUT2D eigenvalue weighted by atomic mass is 31.2. The molecule has 0 aliphatic heterocycles. The summed E-state index contributed by atoms with van der Waals surface area (Å²) < 4.78 is 34.2. The van der Waals surface area contributed by atoms with E-state index in [-0.39, 0.29) is 32.0 Å². The molecule has 0 saturated carbocycles. The predicted molar refractivity (Wildman–Crippen MR) is 324 cm³/mol. The van der Waals surface area contributed by atoms with Gasteiger partial charge in [0.2, 0.25) is 0 Å².